The zero-order valence-electron chi connectivity index (χ0n) is 16.8. The van der Waals surface area contributed by atoms with E-state index in [1.807, 2.05) is 0 Å². The van der Waals surface area contributed by atoms with Crippen LogP contribution >= 0.6 is 11.6 Å². The van der Waals surface area contributed by atoms with Crippen molar-refractivity contribution in [1.82, 2.24) is 5.43 Å². The van der Waals surface area contributed by atoms with Crippen LogP contribution in [0.4, 0.5) is 18.9 Å². The van der Waals surface area contributed by atoms with E-state index in [1.165, 1.54) is 36.5 Å². The summed E-state index contributed by atoms with van der Waals surface area (Å²) in [6.45, 7) is -0.807. The van der Waals surface area contributed by atoms with Gasteiger partial charge in [-0.2, -0.15) is 18.3 Å². The number of benzene rings is 3. The first kappa shape index (κ1) is 24.3. The smallest absolute Gasteiger partial charge is 0.271 e. The maximum atomic E-state index is 13.2. The third-order valence-electron chi connectivity index (χ3n) is 4.38. The number of halogens is 4. The Morgan fingerprint density at radius 1 is 1.00 bits per heavy atom. The summed E-state index contributed by atoms with van der Waals surface area (Å²) in [6, 6.07) is 17.5. The van der Waals surface area contributed by atoms with Gasteiger partial charge in [-0.1, -0.05) is 54.1 Å². The van der Waals surface area contributed by atoms with Crippen molar-refractivity contribution in [3.8, 4) is 0 Å². The third-order valence-corrected chi connectivity index (χ3v) is 6.51. The molecule has 3 rings (SSSR count). The van der Waals surface area contributed by atoms with Gasteiger partial charge in [-0.15, -0.1) is 0 Å². The fraction of sp³-hybridized carbons (Fsp3) is 0.0909. The zero-order valence-corrected chi connectivity index (χ0v) is 18.4. The van der Waals surface area contributed by atoms with E-state index in [0.717, 1.165) is 12.1 Å². The standard InChI is InChI=1S/C22H17ClF3N3O3S/c23-20-12-5-4-7-16(20)14-27-28-21(30)15-29(33(31,32)19-10-2-1-3-11-19)18-9-6-8-17(13-18)22(24,25)26/h1-14H,15H2,(H,28,30)/b27-14-. The average Bonchev–Trinajstić information content (AvgIpc) is 2.79. The Morgan fingerprint density at radius 3 is 2.33 bits per heavy atom. The highest BCUT2D eigenvalue weighted by Crippen LogP contribution is 2.33. The molecule has 3 aromatic rings. The summed E-state index contributed by atoms with van der Waals surface area (Å²) < 4.78 is 66.5. The van der Waals surface area contributed by atoms with Crippen LogP contribution in [0.1, 0.15) is 11.1 Å². The minimum absolute atomic E-state index is 0.185. The first-order chi connectivity index (χ1) is 15.6. The second kappa shape index (κ2) is 10.1. The van der Waals surface area contributed by atoms with Crippen molar-refractivity contribution in [3.63, 3.8) is 0 Å². The Morgan fingerprint density at radius 2 is 1.67 bits per heavy atom. The number of carbonyl (C=O) groups is 1. The van der Waals surface area contributed by atoms with Crippen LogP contribution in [0, 0.1) is 0 Å². The first-order valence-electron chi connectivity index (χ1n) is 9.40. The molecule has 0 bridgehead atoms. The van der Waals surface area contributed by atoms with Crippen molar-refractivity contribution in [3.05, 3.63) is 95.0 Å². The summed E-state index contributed by atoms with van der Waals surface area (Å²) in [4.78, 5) is 12.3. The molecule has 3 aromatic carbocycles. The molecule has 0 heterocycles. The summed E-state index contributed by atoms with van der Waals surface area (Å²) in [6.07, 6.45) is -3.43. The van der Waals surface area contributed by atoms with Crippen LogP contribution in [0.5, 0.6) is 0 Å². The van der Waals surface area contributed by atoms with E-state index in [9.17, 15) is 26.4 Å². The molecule has 6 nitrogen and oxygen atoms in total. The molecule has 1 amide bonds. The van der Waals surface area contributed by atoms with Gasteiger partial charge in [-0.3, -0.25) is 9.10 Å². The van der Waals surface area contributed by atoms with Crippen LogP contribution in [0.2, 0.25) is 5.02 Å². The molecule has 0 atom stereocenters. The molecule has 172 valence electrons. The van der Waals surface area contributed by atoms with E-state index in [-0.39, 0.29) is 10.6 Å². The Balaban J connectivity index is 1.91. The van der Waals surface area contributed by atoms with Gasteiger partial charge in [-0.05, 0) is 36.4 Å². The summed E-state index contributed by atoms with van der Waals surface area (Å²) in [5.74, 6) is -0.866. The van der Waals surface area contributed by atoms with E-state index in [1.54, 1.807) is 30.3 Å². The number of rotatable bonds is 7. The van der Waals surface area contributed by atoms with Crippen molar-refractivity contribution >= 4 is 39.4 Å². The number of hydrogen-bond acceptors (Lipinski definition) is 4. The molecule has 0 saturated carbocycles. The fourth-order valence-electron chi connectivity index (χ4n) is 2.79. The molecule has 0 aliphatic rings. The lowest BCUT2D eigenvalue weighted by molar-refractivity contribution is -0.137. The predicted molar refractivity (Wildman–Crippen MR) is 120 cm³/mol. The average molecular weight is 496 g/mol. The first-order valence-corrected chi connectivity index (χ1v) is 11.2. The summed E-state index contributed by atoms with van der Waals surface area (Å²) >= 11 is 6.00. The highest BCUT2D eigenvalue weighted by atomic mass is 35.5. The van der Waals surface area contributed by atoms with Crippen LogP contribution in [0.3, 0.4) is 0 Å². The maximum Gasteiger partial charge on any atom is 0.416 e. The number of sulfonamides is 1. The van der Waals surface area contributed by atoms with Gasteiger partial charge >= 0.3 is 6.18 Å². The zero-order chi connectivity index (χ0) is 24.1. The van der Waals surface area contributed by atoms with Crippen LogP contribution in [0.25, 0.3) is 0 Å². The van der Waals surface area contributed by atoms with Crippen LogP contribution in [-0.4, -0.2) is 27.1 Å². The molecule has 0 aliphatic heterocycles. The van der Waals surface area contributed by atoms with Crippen molar-refractivity contribution in [1.29, 1.82) is 0 Å². The predicted octanol–water partition coefficient (Wildman–Crippen LogP) is 4.70. The van der Waals surface area contributed by atoms with Crippen molar-refractivity contribution in [2.75, 3.05) is 10.8 Å². The monoisotopic (exact) mass is 495 g/mol. The summed E-state index contributed by atoms with van der Waals surface area (Å²) in [7, 11) is -4.36. The van der Waals surface area contributed by atoms with Crippen LogP contribution < -0.4 is 9.73 Å². The van der Waals surface area contributed by atoms with E-state index in [4.69, 9.17) is 11.6 Å². The minimum Gasteiger partial charge on any atom is -0.271 e. The molecule has 0 spiro atoms. The lowest BCUT2D eigenvalue weighted by Gasteiger charge is -2.24. The van der Waals surface area contributed by atoms with Gasteiger partial charge < -0.3 is 0 Å². The van der Waals surface area contributed by atoms with Gasteiger partial charge in [0.15, 0.2) is 0 Å². The minimum atomic E-state index is -4.69. The summed E-state index contributed by atoms with van der Waals surface area (Å²) in [5.41, 5.74) is 1.31. The van der Waals surface area contributed by atoms with Crippen LogP contribution in [0.15, 0.2) is 88.9 Å². The molecule has 0 aromatic heterocycles. The second-order valence-electron chi connectivity index (χ2n) is 6.69. The molecule has 0 aliphatic carbocycles. The Bertz CT molecular complexity index is 1270. The lowest BCUT2D eigenvalue weighted by atomic mass is 10.2. The molecular formula is C22H17ClF3N3O3S. The number of nitrogens with one attached hydrogen (secondary N) is 1. The molecule has 0 fully saturated rings. The molecule has 0 saturated heterocycles. The number of carbonyl (C=O) groups excluding carboxylic acids is 1. The molecule has 1 N–H and O–H groups in total. The topological polar surface area (TPSA) is 78.8 Å². The SMILES string of the molecule is O=C(CN(c1cccc(C(F)(F)F)c1)S(=O)(=O)c1ccccc1)N/N=C\c1ccccc1Cl. The van der Waals surface area contributed by atoms with Gasteiger partial charge in [0.05, 0.1) is 22.4 Å². The van der Waals surface area contributed by atoms with Crippen LogP contribution in [-0.2, 0) is 21.0 Å². The van der Waals surface area contributed by atoms with Crippen molar-refractivity contribution in [2.24, 2.45) is 5.10 Å². The van der Waals surface area contributed by atoms with E-state index in [2.05, 4.69) is 10.5 Å². The van der Waals surface area contributed by atoms with Gasteiger partial charge in [0.25, 0.3) is 15.9 Å². The number of hydrazone groups is 1. The summed E-state index contributed by atoms with van der Waals surface area (Å²) in [5, 5.41) is 4.13. The number of amides is 1. The number of hydrogen-bond donors (Lipinski definition) is 1. The number of nitrogens with zero attached hydrogens (tertiary/aromatic N) is 2. The van der Waals surface area contributed by atoms with E-state index in [0.29, 0.717) is 21.0 Å². The van der Waals surface area contributed by atoms with Crippen molar-refractivity contribution < 1.29 is 26.4 Å². The molecule has 11 heteroatoms. The van der Waals surface area contributed by atoms with Gasteiger partial charge in [-0.25, -0.2) is 13.8 Å². The highest BCUT2D eigenvalue weighted by Gasteiger charge is 2.33. The molecule has 0 radical (unpaired) electrons. The van der Waals surface area contributed by atoms with Gasteiger partial charge in [0, 0.05) is 10.6 Å². The second-order valence-corrected chi connectivity index (χ2v) is 8.96. The number of anilines is 1. The van der Waals surface area contributed by atoms with Gasteiger partial charge in [0.2, 0.25) is 0 Å². The third kappa shape index (κ3) is 6.11. The molecular weight excluding hydrogens is 479 g/mol. The largest absolute Gasteiger partial charge is 0.416 e. The maximum absolute atomic E-state index is 13.2. The Kier molecular flexibility index (Phi) is 7.39. The van der Waals surface area contributed by atoms with Gasteiger partial charge in [0.1, 0.15) is 6.54 Å². The molecule has 0 unspecified atom stereocenters. The Hall–Kier alpha value is -3.37. The fourth-order valence-corrected chi connectivity index (χ4v) is 4.41. The Labute approximate surface area is 193 Å². The van der Waals surface area contributed by atoms with Crippen molar-refractivity contribution in [2.45, 2.75) is 11.1 Å². The molecule has 33 heavy (non-hydrogen) atoms. The van der Waals surface area contributed by atoms with E-state index >= 15 is 0 Å². The lowest BCUT2D eigenvalue weighted by Crippen LogP contribution is -2.39. The number of alkyl halides is 3. The van der Waals surface area contributed by atoms with E-state index < -0.39 is 34.2 Å². The quantitative estimate of drug-likeness (QED) is 0.381. The highest BCUT2D eigenvalue weighted by molar-refractivity contribution is 7.92. The normalized spacial score (nSPS) is 12.0.